The highest BCUT2D eigenvalue weighted by Gasteiger charge is 2.19. The van der Waals surface area contributed by atoms with Crippen LogP contribution in [0, 0.1) is 0 Å². The van der Waals surface area contributed by atoms with Gasteiger partial charge in [-0.25, -0.2) is 0 Å². The Bertz CT molecular complexity index is 140. The van der Waals surface area contributed by atoms with Gasteiger partial charge in [-0.3, -0.25) is 0 Å². The molecule has 2 rings (SSSR count). The Balaban J connectivity index is 1.60. The van der Waals surface area contributed by atoms with Crippen LogP contribution in [0.25, 0.3) is 0 Å². The number of ether oxygens (including phenoxy) is 2. The van der Waals surface area contributed by atoms with Crippen molar-refractivity contribution in [2.75, 3.05) is 19.2 Å². The molecule has 1 aliphatic heterocycles. The summed E-state index contributed by atoms with van der Waals surface area (Å²) in [4.78, 5) is 0. The molecule has 1 aliphatic carbocycles. The summed E-state index contributed by atoms with van der Waals surface area (Å²) in [5, 5.41) is 0.923. The molecule has 0 aromatic carbocycles. The van der Waals surface area contributed by atoms with E-state index in [9.17, 15) is 0 Å². The summed E-state index contributed by atoms with van der Waals surface area (Å²) in [6.07, 6.45) is 7.26. The summed E-state index contributed by atoms with van der Waals surface area (Å²) in [5.74, 6) is 1.17. The average Bonchev–Trinajstić information content (AvgIpc) is 2.69. The zero-order valence-electron chi connectivity index (χ0n) is 8.04. The molecular formula is C10H18O2S. The van der Waals surface area contributed by atoms with Crippen molar-refractivity contribution in [2.45, 2.75) is 43.5 Å². The normalized spacial score (nSPS) is 30.9. The van der Waals surface area contributed by atoms with Crippen LogP contribution in [0.2, 0.25) is 0 Å². The molecule has 0 N–H and O–H groups in total. The predicted octanol–water partition coefficient (Wildman–Crippen LogP) is 2.43. The molecule has 1 unspecified atom stereocenters. The van der Waals surface area contributed by atoms with Gasteiger partial charge in [-0.2, -0.15) is 11.8 Å². The first kappa shape index (κ1) is 9.81. The minimum atomic E-state index is 0.458. The van der Waals surface area contributed by atoms with E-state index in [0.29, 0.717) is 12.9 Å². The predicted molar refractivity (Wildman–Crippen MR) is 55.0 cm³/mol. The lowest BCUT2D eigenvalue weighted by Crippen LogP contribution is -2.26. The maximum atomic E-state index is 5.49. The SMILES string of the molecule is C1CCC(SCC2CCOCO2)C1. The molecule has 0 spiro atoms. The fourth-order valence-corrected chi connectivity index (χ4v) is 3.35. The molecule has 76 valence electrons. The lowest BCUT2D eigenvalue weighted by molar-refractivity contribution is -0.130. The van der Waals surface area contributed by atoms with E-state index in [-0.39, 0.29) is 0 Å². The topological polar surface area (TPSA) is 18.5 Å². The van der Waals surface area contributed by atoms with Gasteiger partial charge >= 0.3 is 0 Å². The minimum Gasteiger partial charge on any atom is -0.355 e. The van der Waals surface area contributed by atoms with Gasteiger partial charge in [0.25, 0.3) is 0 Å². The first-order chi connectivity index (χ1) is 6.45. The molecule has 13 heavy (non-hydrogen) atoms. The van der Waals surface area contributed by atoms with Crippen molar-refractivity contribution in [2.24, 2.45) is 0 Å². The van der Waals surface area contributed by atoms with Crippen LogP contribution in [0.1, 0.15) is 32.1 Å². The lowest BCUT2D eigenvalue weighted by atomic mass is 10.3. The Morgan fingerprint density at radius 2 is 2.00 bits per heavy atom. The minimum absolute atomic E-state index is 0.458. The third-order valence-electron chi connectivity index (χ3n) is 2.79. The molecule has 2 fully saturated rings. The van der Waals surface area contributed by atoms with Gasteiger partial charge in [-0.1, -0.05) is 12.8 Å². The lowest BCUT2D eigenvalue weighted by Gasteiger charge is -2.23. The van der Waals surface area contributed by atoms with Crippen LogP contribution in [-0.2, 0) is 9.47 Å². The second-order valence-electron chi connectivity index (χ2n) is 3.84. The smallest absolute Gasteiger partial charge is 0.147 e. The van der Waals surface area contributed by atoms with Crippen LogP contribution in [0.5, 0.6) is 0 Å². The highest BCUT2D eigenvalue weighted by atomic mass is 32.2. The van der Waals surface area contributed by atoms with E-state index in [4.69, 9.17) is 9.47 Å². The van der Waals surface area contributed by atoms with Crippen molar-refractivity contribution in [1.82, 2.24) is 0 Å². The van der Waals surface area contributed by atoms with Crippen molar-refractivity contribution in [1.29, 1.82) is 0 Å². The number of thioether (sulfide) groups is 1. The van der Waals surface area contributed by atoms with E-state index in [0.717, 1.165) is 18.3 Å². The van der Waals surface area contributed by atoms with Gasteiger partial charge in [0, 0.05) is 11.0 Å². The van der Waals surface area contributed by atoms with Crippen molar-refractivity contribution in [3.8, 4) is 0 Å². The van der Waals surface area contributed by atoms with Crippen LogP contribution >= 0.6 is 11.8 Å². The Morgan fingerprint density at radius 3 is 2.69 bits per heavy atom. The van der Waals surface area contributed by atoms with Crippen LogP contribution in [-0.4, -0.2) is 30.5 Å². The van der Waals surface area contributed by atoms with E-state index < -0.39 is 0 Å². The Hall–Kier alpha value is 0.270. The zero-order valence-corrected chi connectivity index (χ0v) is 8.85. The van der Waals surface area contributed by atoms with Gasteiger partial charge < -0.3 is 9.47 Å². The third kappa shape index (κ3) is 3.15. The summed E-state index contributed by atoms with van der Waals surface area (Å²) in [6.45, 7) is 1.39. The third-order valence-corrected chi connectivity index (χ3v) is 4.30. The molecule has 0 aromatic rings. The number of hydrogen-bond donors (Lipinski definition) is 0. The summed E-state index contributed by atoms with van der Waals surface area (Å²) in [6, 6.07) is 0. The van der Waals surface area contributed by atoms with Crippen LogP contribution < -0.4 is 0 Å². The molecular weight excluding hydrogens is 184 g/mol. The first-order valence-electron chi connectivity index (χ1n) is 5.26. The molecule has 0 radical (unpaired) electrons. The summed E-state index contributed by atoms with van der Waals surface area (Å²) in [5.41, 5.74) is 0. The maximum absolute atomic E-state index is 5.49. The molecule has 1 atom stereocenters. The highest BCUT2D eigenvalue weighted by molar-refractivity contribution is 7.99. The first-order valence-corrected chi connectivity index (χ1v) is 6.31. The average molecular weight is 202 g/mol. The second-order valence-corrected chi connectivity index (χ2v) is 5.18. The van der Waals surface area contributed by atoms with Crippen LogP contribution in [0.15, 0.2) is 0 Å². The van der Waals surface area contributed by atoms with Crippen molar-refractivity contribution >= 4 is 11.8 Å². The Labute approximate surface area is 84.4 Å². The Morgan fingerprint density at radius 1 is 1.15 bits per heavy atom. The fraction of sp³-hybridized carbons (Fsp3) is 1.00. The van der Waals surface area contributed by atoms with E-state index in [1.165, 1.54) is 31.4 Å². The monoisotopic (exact) mass is 202 g/mol. The Kier molecular flexibility index (Phi) is 3.94. The van der Waals surface area contributed by atoms with Crippen molar-refractivity contribution in [3.63, 3.8) is 0 Å². The molecule has 1 heterocycles. The summed E-state index contributed by atoms with van der Waals surface area (Å²) in [7, 11) is 0. The zero-order chi connectivity index (χ0) is 8.93. The number of rotatable bonds is 3. The maximum Gasteiger partial charge on any atom is 0.147 e. The quantitative estimate of drug-likeness (QED) is 0.700. The van der Waals surface area contributed by atoms with E-state index in [1.807, 2.05) is 0 Å². The molecule has 0 aromatic heterocycles. The van der Waals surface area contributed by atoms with Gasteiger partial charge in [0.15, 0.2) is 0 Å². The molecule has 1 saturated carbocycles. The van der Waals surface area contributed by atoms with Crippen molar-refractivity contribution < 1.29 is 9.47 Å². The van der Waals surface area contributed by atoms with Crippen LogP contribution in [0.3, 0.4) is 0 Å². The van der Waals surface area contributed by atoms with E-state index >= 15 is 0 Å². The molecule has 0 amide bonds. The second kappa shape index (κ2) is 5.23. The summed E-state index contributed by atoms with van der Waals surface area (Å²) < 4.78 is 10.6. The fourth-order valence-electron chi connectivity index (χ4n) is 1.93. The number of hydrogen-bond acceptors (Lipinski definition) is 3. The van der Waals surface area contributed by atoms with Gasteiger partial charge in [-0.05, 0) is 19.3 Å². The standard InChI is InChI=1S/C10H18O2S/c1-2-4-10(3-1)13-7-9-5-6-11-8-12-9/h9-10H,1-8H2. The van der Waals surface area contributed by atoms with E-state index in [2.05, 4.69) is 11.8 Å². The largest absolute Gasteiger partial charge is 0.355 e. The molecule has 2 nitrogen and oxygen atoms in total. The van der Waals surface area contributed by atoms with Gasteiger partial charge in [-0.15, -0.1) is 0 Å². The summed E-state index contributed by atoms with van der Waals surface area (Å²) >= 11 is 2.11. The highest BCUT2D eigenvalue weighted by Crippen LogP contribution is 2.30. The van der Waals surface area contributed by atoms with Gasteiger partial charge in [0.1, 0.15) is 6.79 Å². The molecule has 1 saturated heterocycles. The van der Waals surface area contributed by atoms with Gasteiger partial charge in [0.05, 0.1) is 12.7 Å². The molecule has 2 aliphatic rings. The molecule has 3 heteroatoms. The molecule has 0 bridgehead atoms. The van der Waals surface area contributed by atoms with Crippen LogP contribution in [0.4, 0.5) is 0 Å². The van der Waals surface area contributed by atoms with E-state index in [1.54, 1.807) is 0 Å². The van der Waals surface area contributed by atoms with Gasteiger partial charge in [0.2, 0.25) is 0 Å². The van der Waals surface area contributed by atoms with Crippen molar-refractivity contribution in [3.05, 3.63) is 0 Å².